The topological polar surface area (TPSA) is 59.7 Å². The van der Waals surface area contributed by atoms with E-state index in [-0.39, 0.29) is 11.7 Å². The third kappa shape index (κ3) is 2.76. The minimum atomic E-state index is -1.40. The Morgan fingerprint density at radius 3 is 2.15 bits per heavy atom. The maximum Gasteiger partial charge on any atom is 0.298 e. The summed E-state index contributed by atoms with van der Waals surface area (Å²) in [7, 11) is 0. The fourth-order valence-electron chi connectivity index (χ4n) is 4.94. The van der Waals surface area contributed by atoms with Gasteiger partial charge in [-0.25, -0.2) is 9.07 Å². The van der Waals surface area contributed by atoms with Gasteiger partial charge in [0.25, 0.3) is 5.91 Å². The Kier molecular flexibility index (Phi) is 4.42. The van der Waals surface area contributed by atoms with E-state index in [0.717, 1.165) is 22.5 Å². The van der Waals surface area contributed by atoms with Crippen LogP contribution < -0.4 is 9.75 Å². The van der Waals surface area contributed by atoms with Gasteiger partial charge in [0, 0.05) is 5.56 Å². The zero-order valence-electron chi connectivity index (χ0n) is 18.6. The minimum Gasteiger partial charge on any atom is -0.453 e. The maximum absolute atomic E-state index is 14.1. The zero-order chi connectivity index (χ0) is 23.4. The lowest BCUT2D eigenvalue weighted by Crippen LogP contribution is -2.53. The Hall–Kier alpha value is -4.26. The van der Waals surface area contributed by atoms with E-state index in [1.54, 1.807) is 23.7 Å². The molecule has 3 aromatic carbocycles. The quantitative estimate of drug-likeness (QED) is 0.439. The molecule has 6 rings (SSSR count). The summed E-state index contributed by atoms with van der Waals surface area (Å²) >= 11 is 0. The van der Waals surface area contributed by atoms with E-state index < -0.39 is 11.5 Å². The summed E-state index contributed by atoms with van der Waals surface area (Å²) in [5.74, 6) is -0.676. The summed E-state index contributed by atoms with van der Waals surface area (Å²) < 4.78 is 22.2. The Morgan fingerprint density at radius 1 is 0.882 bits per heavy atom. The molecule has 0 N–H and O–H groups in total. The first-order chi connectivity index (χ1) is 16.5. The predicted molar refractivity (Wildman–Crippen MR) is 127 cm³/mol. The summed E-state index contributed by atoms with van der Waals surface area (Å²) in [4.78, 5) is 14.1. The molecule has 1 spiro atoms. The van der Waals surface area contributed by atoms with Crippen LogP contribution in [0.5, 0.6) is 5.88 Å². The number of fused-ring (bicyclic) bond motifs is 1. The molecule has 34 heavy (non-hydrogen) atoms. The number of hydrazone groups is 1. The Bertz CT molecular complexity index is 1430. The molecule has 0 saturated carbocycles. The summed E-state index contributed by atoms with van der Waals surface area (Å²) in [6, 6.07) is 25.1. The van der Waals surface area contributed by atoms with Gasteiger partial charge in [-0.15, -0.1) is 0 Å². The maximum atomic E-state index is 14.1. The third-order valence-electron chi connectivity index (χ3n) is 6.52. The zero-order valence-corrected chi connectivity index (χ0v) is 18.6. The highest BCUT2D eigenvalue weighted by atomic mass is 19.1. The van der Waals surface area contributed by atoms with E-state index in [9.17, 15) is 9.18 Å². The van der Waals surface area contributed by atoms with Gasteiger partial charge in [0.05, 0.1) is 28.7 Å². The Balaban J connectivity index is 1.57. The highest BCUT2D eigenvalue weighted by Crippen LogP contribution is 2.53. The first-order valence-corrected chi connectivity index (χ1v) is 11.1. The van der Waals surface area contributed by atoms with Gasteiger partial charge < -0.3 is 4.74 Å². The van der Waals surface area contributed by atoms with Gasteiger partial charge in [0.2, 0.25) is 11.5 Å². The monoisotopic (exact) mass is 452 g/mol. The summed E-state index contributed by atoms with van der Waals surface area (Å²) in [5, 5.41) is 10.8. The van der Waals surface area contributed by atoms with E-state index in [4.69, 9.17) is 9.84 Å². The van der Waals surface area contributed by atoms with E-state index in [0.29, 0.717) is 17.3 Å². The predicted octanol–water partition coefficient (Wildman–Crippen LogP) is 5.01. The highest BCUT2D eigenvalue weighted by molar-refractivity contribution is 6.23. The second-order valence-electron chi connectivity index (χ2n) is 8.51. The minimum absolute atomic E-state index is 0.291. The molecule has 7 heteroatoms. The first kappa shape index (κ1) is 20.4. The molecular weight excluding hydrogens is 431 g/mol. The van der Waals surface area contributed by atoms with Crippen molar-refractivity contribution in [1.29, 1.82) is 0 Å². The van der Waals surface area contributed by atoms with Gasteiger partial charge in [-0.2, -0.15) is 15.2 Å². The Morgan fingerprint density at radius 2 is 1.50 bits per heavy atom. The van der Waals surface area contributed by atoms with Crippen molar-refractivity contribution in [1.82, 2.24) is 9.78 Å². The molecule has 4 aromatic rings. The van der Waals surface area contributed by atoms with Crippen LogP contribution in [0.4, 0.5) is 10.1 Å². The molecule has 1 amide bonds. The molecule has 2 unspecified atom stereocenters. The van der Waals surface area contributed by atoms with E-state index >= 15 is 0 Å². The number of ether oxygens (including phenoxy) is 1. The highest BCUT2D eigenvalue weighted by Gasteiger charge is 2.64. The van der Waals surface area contributed by atoms with Gasteiger partial charge in [0.1, 0.15) is 5.82 Å². The van der Waals surface area contributed by atoms with Crippen molar-refractivity contribution in [3.63, 3.8) is 0 Å². The lowest BCUT2D eigenvalue weighted by molar-refractivity contribution is -0.127. The fourth-order valence-corrected chi connectivity index (χ4v) is 4.94. The number of anilines is 1. The first-order valence-electron chi connectivity index (χ1n) is 11.1. The van der Waals surface area contributed by atoms with Crippen molar-refractivity contribution in [2.24, 2.45) is 5.10 Å². The van der Waals surface area contributed by atoms with Gasteiger partial charge in [-0.3, -0.25) is 4.79 Å². The van der Waals surface area contributed by atoms with Crippen LogP contribution in [0.15, 0.2) is 90.0 Å². The van der Waals surface area contributed by atoms with Crippen LogP contribution in [-0.4, -0.2) is 27.0 Å². The van der Waals surface area contributed by atoms with E-state index in [1.807, 2.05) is 67.6 Å². The molecule has 1 aromatic heterocycles. The molecule has 2 atom stereocenters. The molecule has 6 nitrogen and oxygen atoms in total. The molecule has 0 saturated heterocycles. The molecule has 2 aliphatic heterocycles. The van der Waals surface area contributed by atoms with Crippen LogP contribution in [0.2, 0.25) is 0 Å². The van der Waals surface area contributed by atoms with Gasteiger partial charge in [-0.1, -0.05) is 48.5 Å². The summed E-state index contributed by atoms with van der Waals surface area (Å²) in [6.07, 6.45) is 0. The van der Waals surface area contributed by atoms with Crippen molar-refractivity contribution in [3.8, 4) is 11.6 Å². The number of benzene rings is 3. The van der Waals surface area contributed by atoms with E-state index in [1.165, 1.54) is 17.1 Å². The molecule has 168 valence electrons. The number of para-hydroxylation sites is 2. The molecule has 0 aliphatic carbocycles. The molecule has 0 fully saturated rings. The van der Waals surface area contributed by atoms with Crippen LogP contribution in [0.25, 0.3) is 5.69 Å². The Labute approximate surface area is 195 Å². The van der Waals surface area contributed by atoms with Gasteiger partial charge >= 0.3 is 0 Å². The van der Waals surface area contributed by atoms with Gasteiger partial charge in [0.15, 0.2) is 0 Å². The van der Waals surface area contributed by atoms with Crippen molar-refractivity contribution in [3.05, 3.63) is 108 Å². The molecule has 3 heterocycles. The second kappa shape index (κ2) is 7.38. The van der Waals surface area contributed by atoms with Crippen molar-refractivity contribution in [2.45, 2.75) is 25.4 Å². The van der Waals surface area contributed by atoms with Crippen LogP contribution in [0.1, 0.15) is 29.7 Å². The van der Waals surface area contributed by atoms with Crippen molar-refractivity contribution in [2.75, 3.05) is 5.01 Å². The largest absolute Gasteiger partial charge is 0.453 e. The fraction of sp³-hybridized carbons (Fsp3) is 0.148. The lowest BCUT2D eigenvalue weighted by atomic mass is 9.76. The van der Waals surface area contributed by atoms with Crippen molar-refractivity contribution < 1.29 is 13.9 Å². The number of nitrogens with zero attached hydrogens (tertiary/aromatic N) is 4. The average molecular weight is 452 g/mol. The standard InChI is InChI=1S/C27H21FN4O2/c1-17-23-24(19-13-15-20(28)16-14-19)27(34-25(23)31(29-17)21-9-5-3-6-10-21)18(2)30-32(26(27)33)22-11-7-4-8-12-22/h3-16,24H,1-2H3. The van der Waals surface area contributed by atoms with Crippen LogP contribution in [-0.2, 0) is 4.79 Å². The normalized spacial score (nSPS) is 21.0. The smallest absolute Gasteiger partial charge is 0.298 e. The number of aryl methyl sites for hydroxylation is 1. The number of hydrogen-bond acceptors (Lipinski definition) is 4. The van der Waals surface area contributed by atoms with E-state index in [2.05, 4.69) is 5.10 Å². The number of rotatable bonds is 3. The number of halogens is 1. The van der Waals surface area contributed by atoms with Crippen LogP contribution in [0.3, 0.4) is 0 Å². The SMILES string of the molecule is CC1=NN(c2ccccc2)C(=O)C12Oc1c(c(C)nn1-c1ccccc1)C2c1ccc(F)cc1. The summed E-state index contributed by atoms with van der Waals surface area (Å²) in [5.41, 5.74) is 2.91. The lowest BCUT2D eigenvalue weighted by Gasteiger charge is -2.30. The molecular formula is C27H21FN4O2. The third-order valence-corrected chi connectivity index (χ3v) is 6.52. The number of amides is 1. The molecule has 0 radical (unpaired) electrons. The van der Waals surface area contributed by atoms with Crippen LogP contribution in [0, 0.1) is 12.7 Å². The average Bonchev–Trinajstić information content (AvgIpc) is 3.47. The van der Waals surface area contributed by atoms with Crippen molar-refractivity contribution >= 4 is 17.3 Å². The number of hydrogen-bond donors (Lipinski definition) is 0. The van der Waals surface area contributed by atoms with Gasteiger partial charge in [-0.05, 0) is 55.8 Å². The summed E-state index contributed by atoms with van der Waals surface area (Å²) in [6.45, 7) is 3.71. The number of carbonyl (C=O) groups excluding carboxylic acids is 1. The second-order valence-corrected chi connectivity index (χ2v) is 8.51. The number of aromatic nitrogens is 2. The van der Waals surface area contributed by atoms with Crippen LogP contribution >= 0.6 is 0 Å². The molecule has 0 bridgehead atoms. The number of carbonyl (C=O) groups is 1. The molecule has 2 aliphatic rings.